The van der Waals surface area contributed by atoms with Crippen LogP contribution in [0.5, 0.6) is 0 Å². The van der Waals surface area contributed by atoms with Crippen molar-refractivity contribution >= 4 is 33.9 Å². The molecular weight excluding hydrogens is 887 g/mol. The lowest BCUT2D eigenvalue weighted by Crippen LogP contribution is -2.30. The van der Waals surface area contributed by atoms with E-state index in [0.717, 1.165) is 88.4 Å². The first-order valence-electron chi connectivity index (χ1n) is 23.6. The molecular formula is C62H52F6N2. The van der Waals surface area contributed by atoms with Crippen molar-refractivity contribution in [2.75, 3.05) is 9.80 Å². The number of hydrogen-bond acceptors (Lipinski definition) is 2. The largest absolute Gasteiger partial charge is 0.418 e. The summed E-state index contributed by atoms with van der Waals surface area (Å²) in [7, 11) is 0. The summed E-state index contributed by atoms with van der Waals surface area (Å²) in [6, 6.07) is 63.9. The fraction of sp³-hybridized carbons (Fsp3) is 0.161. The highest BCUT2D eigenvalue weighted by molar-refractivity contribution is 5.86. The molecule has 0 unspecified atom stereocenters. The van der Waals surface area contributed by atoms with Crippen molar-refractivity contribution < 1.29 is 26.3 Å². The molecule has 1 fully saturated rings. The van der Waals surface area contributed by atoms with Crippen molar-refractivity contribution in [3.8, 4) is 0 Å². The maximum Gasteiger partial charge on any atom is 0.418 e. The van der Waals surface area contributed by atoms with E-state index in [1.54, 1.807) is 30.9 Å². The quantitative estimate of drug-likeness (QED) is 0.113. The van der Waals surface area contributed by atoms with Crippen LogP contribution >= 0.6 is 0 Å². The monoisotopic (exact) mass is 938 g/mol. The molecule has 0 bridgehead atoms. The van der Waals surface area contributed by atoms with Crippen LogP contribution in [0.15, 0.2) is 219 Å². The summed E-state index contributed by atoms with van der Waals surface area (Å²) in [5, 5.41) is 0. The van der Waals surface area contributed by atoms with E-state index in [0.29, 0.717) is 22.5 Å². The molecule has 0 amide bonds. The molecule has 1 saturated carbocycles. The van der Waals surface area contributed by atoms with Crippen molar-refractivity contribution in [2.45, 2.75) is 63.7 Å². The standard InChI is InChI=1S/C62H52F6N2/c1-44-26-36-59(57(40-44)62(66,67)68)70(43-56(48-22-12-5-13-23-48)49-24-14-6-15-25-49)54-34-29-51(30-35-54)60(38-16-7-17-39-60)50-27-32-53(33-28-50)69(58-37-31-52(41-45(58)2)61(63,64)65)42-55(46-18-8-3-9-19-46)47-20-10-4-11-21-47/h3-6,8-15,18-37,40-43H,7,16-17,38-39H2,1-2H3. The van der Waals surface area contributed by atoms with E-state index >= 15 is 13.2 Å². The molecule has 0 atom stereocenters. The summed E-state index contributed by atoms with van der Waals surface area (Å²) >= 11 is 0. The van der Waals surface area contributed by atoms with E-state index in [1.807, 2.05) is 163 Å². The van der Waals surface area contributed by atoms with Crippen molar-refractivity contribution in [1.82, 2.24) is 0 Å². The summed E-state index contributed by atoms with van der Waals surface area (Å²) in [6.07, 6.45) is -0.496. The number of hydrogen-bond donors (Lipinski definition) is 0. The second kappa shape index (κ2) is 20.2. The maximum atomic E-state index is 15.0. The summed E-state index contributed by atoms with van der Waals surface area (Å²) in [4.78, 5) is 3.63. The second-order valence-corrected chi connectivity index (χ2v) is 18.0. The summed E-state index contributed by atoms with van der Waals surface area (Å²) < 4.78 is 87.0. The number of alkyl halides is 6. The van der Waals surface area contributed by atoms with Crippen LogP contribution in [0.1, 0.15) is 87.7 Å². The van der Waals surface area contributed by atoms with E-state index in [4.69, 9.17) is 0 Å². The third-order valence-electron chi connectivity index (χ3n) is 13.5. The van der Waals surface area contributed by atoms with Crippen molar-refractivity contribution in [2.24, 2.45) is 0 Å². The molecule has 0 radical (unpaired) electrons. The molecule has 352 valence electrons. The van der Waals surface area contributed by atoms with Crippen LogP contribution in [0.25, 0.3) is 11.1 Å². The molecule has 2 nitrogen and oxygen atoms in total. The van der Waals surface area contributed by atoms with Gasteiger partial charge in [-0.2, -0.15) is 26.3 Å². The molecule has 8 aromatic rings. The maximum absolute atomic E-state index is 15.0. The first-order chi connectivity index (χ1) is 33.8. The van der Waals surface area contributed by atoms with E-state index in [1.165, 1.54) is 18.2 Å². The van der Waals surface area contributed by atoms with E-state index < -0.39 is 28.9 Å². The number of benzene rings is 8. The van der Waals surface area contributed by atoms with Crippen LogP contribution < -0.4 is 9.80 Å². The van der Waals surface area contributed by atoms with Gasteiger partial charge in [-0.25, -0.2) is 0 Å². The fourth-order valence-electron chi connectivity index (χ4n) is 9.90. The third kappa shape index (κ3) is 10.2. The Morgan fingerprint density at radius 3 is 1.21 bits per heavy atom. The summed E-state index contributed by atoms with van der Waals surface area (Å²) in [5.41, 5.74) is 8.53. The van der Waals surface area contributed by atoms with Crippen LogP contribution in [-0.2, 0) is 17.8 Å². The average molecular weight is 939 g/mol. The normalized spacial score (nSPS) is 13.5. The summed E-state index contributed by atoms with van der Waals surface area (Å²) in [5.74, 6) is 0. The minimum absolute atomic E-state index is 0.0164. The highest BCUT2D eigenvalue weighted by Crippen LogP contribution is 2.48. The van der Waals surface area contributed by atoms with Gasteiger partial charge in [-0.1, -0.05) is 176 Å². The molecule has 1 aliphatic carbocycles. The topological polar surface area (TPSA) is 6.48 Å². The number of rotatable bonds is 12. The smallest absolute Gasteiger partial charge is 0.316 e. The lowest BCUT2D eigenvalue weighted by Gasteiger charge is -2.39. The van der Waals surface area contributed by atoms with Gasteiger partial charge in [-0.3, -0.25) is 0 Å². The van der Waals surface area contributed by atoms with Gasteiger partial charge in [0.15, 0.2) is 0 Å². The molecule has 8 aromatic carbocycles. The lowest BCUT2D eigenvalue weighted by atomic mass is 9.65. The van der Waals surface area contributed by atoms with Crippen LogP contribution in [0.3, 0.4) is 0 Å². The Morgan fingerprint density at radius 1 is 0.429 bits per heavy atom. The van der Waals surface area contributed by atoms with Crippen LogP contribution in [-0.4, -0.2) is 0 Å². The molecule has 9 rings (SSSR count). The zero-order chi connectivity index (χ0) is 48.9. The molecule has 0 heterocycles. The lowest BCUT2D eigenvalue weighted by molar-refractivity contribution is -0.138. The van der Waals surface area contributed by atoms with E-state index in [2.05, 4.69) is 24.3 Å². The number of aryl methyl sites for hydroxylation is 2. The van der Waals surface area contributed by atoms with Crippen LogP contribution in [0.4, 0.5) is 49.1 Å². The van der Waals surface area contributed by atoms with Gasteiger partial charge in [0.25, 0.3) is 0 Å². The minimum atomic E-state index is -4.62. The summed E-state index contributed by atoms with van der Waals surface area (Å²) in [6.45, 7) is 3.37. The fourth-order valence-corrected chi connectivity index (χ4v) is 9.90. The van der Waals surface area contributed by atoms with Gasteiger partial charge in [0, 0.05) is 46.0 Å². The predicted molar refractivity (Wildman–Crippen MR) is 273 cm³/mol. The molecule has 0 aliphatic heterocycles. The van der Waals surface area contributed by atoms with Crippen LogP contribution in [0, 0.1) is 13.8 Å². The molecule has 8 heteroatoms. The Morgan fingerprint density at radius 2 is 0.829 bits per heavy atom. The van der Waals surface area contributed by atoms with Gasteiger partial charge in [0.05, 0.1) is 16.8 Å². The Kier molecular flexibility index (Phi) is 13.7. The van der Waals surface area contributed by atoms with Crippen LogP contribution in [0.2, 0.25) is 0 Å². The predicted octanol–water partition coefficient (Wildman–Crippen LogP) is 18.0. The minimum Gasteiger partial charge on any atom is -0.316 e. The zero-order valence-electron chi connectivity index (χ0n) is 39.0. The number of nitrogens with zero attached hydrogens (tertiary/aromatic N) is 2. The molecule has 70 heavy (non-hydrogen) atoms. The molecule has 0 aromatic heterocycles. The highest BCUT2D eigenvalue weighted by atomic mass is 19.4. The van der Waals surface area contributed by atoms with Crippen molar-refractivity contribution in [3.63, 3.8) is 0 Å². The van der Waals surface area contributed by atoms with E-state index in [9.17, 15) is 13.2 Å². The third-order valence-corrected chi connectivity index (χ3v) is 13.5. The average Bonchev–Trinajstić information content (AvgIpc) is 3.38. The molecule has 0 N–H and O–H groups in total. The Labute approximate surface area is 406 Å². The SMILES string of the molecule is Cc1ccc(N(C=C(c2ccccc2)c2ccccc2)c2ccc(C3(c4ccc(N(C=C(c5ccccc5)c5ccccc5)c5ccc(C(F)(F)F)cc5C)cc4)CCCCC3)cc2)c(C(F)(F)F)c1. The first-order valence-corrected chi connectivity index (χ1v) is 23.6. The number of halogens is 6. The van der Waals surface area contributed by atoms with Gasteiger partial charge in [0.1, 0.15) is 0 Å². The van der Waals surface area contributed by atoms with Gasteiger partial charge < -0.3 is 9.80 Å². The molecule has 0 spiro atoms. The number of anilines is 4. The molecule has 1 aliphatic rings. The first kappa shape index (κ1) is 47.5. The van der Waals surface area contributed by atoms with Gasteiger partial charge in [-0.05, 0) is 120 Å². The van der Waals surface area contributed by atoms with E-state index in [-0.39, 0.29) is 5.69 Å². The molecule has 0 saturated heterocycles. The Hall–Kier alpha value is -7.58. The zero-order valence-corrected chi connectivity index (χ0v) is 39.0. The van der Waals surface area contributed by atoms with Gasteiger partial charge in [-0.15, -0.1) is 0 Å². The van der Waals surface area contributed by atoms with Gasteiger partial charge >= 0.3 is 12.4 Å². The Balaban J connectivity index is 1.15. The van der Waals surface area contributed by atoms with Crippen molar-refractivity contribution in [3.05, 3.63) is 274 Å². The second-order valence-electron chi connectivity index (χ2n) is 18.0. The Bertz CT molecular complexity index is 3000. The van der Waals surface area contributed by atoms with Gasteiger partial charge in [0.2, 0.25) is 0 Å². The van der Waals surface area contributed by atoms with Crippen molar-refractivity contribution in [1.29, 1.82) is 0 Å². The highest BCUT2D eigenvalue weighted by Gasteiger charge is 2.38.